The maximum atomic E-state index is 11.9. The van der Waals surface area contributed by atoms with E-state index in [2.05, 4.69) is 4.90 Å². The molecule has 96 valence electrons. The highest BCUT2D eigenvalue weighted by molar-refractivity contribution is 5.78. The van der Waals surface area contributed by atoms with Gasteiger partial charge in [0.15, 0.2) is 0 Å². The van der Waals surface area contributed by atoms with Crippen LogP contribution in [0, 0.1) is 17.2 Å². The van der Waals surface area contributed by atoms with Crippen LogP contribution in [0.3, 0.4) is 0 Å². The zero-order valence-electron chi connectivity index (χ0n) is 10.6. The van der Waals surface area contributed by atoms with Crippen molar-refractivity contribution in [3.63, 3.8) is 0 Å². The van der Waals surface area contributed by atoms with E-state index in [4.69, 9.17) is 11.0 Å². The number of nitriles is 1. The molecule has 0 aromatic heterocycles. The van der Waals surface area contributed by atoms with E-state index in [0.29, 0.717) is 32.0 Å². The van der Waals surface area contributed by atoms with Crippen molar-refractivity contribution in [2.45, 2.75) is 19.3 Å². The molecule has 5 heteroatoms. The highest BCUT2D eigenvalue weighted by Crippen LogP contribution is 2.14. The molecule has 0 saturated carbocycles. The maximum absolute atomic E-state index is 11.9. The number of nitrogens with two attached hydrogens (primary N) is 1. The zero-order chi connectivity index (χ0) is 12.7. The molecule has 0 spiro atoms. The third-order valence-corrected chi connectivity index (χ3v) is 3.28. The smallest absolute Gasteiger partial charge is 0.236 e. The lowest BCUT2D eigenvalue weighted by atomic mass is 9.98. The first-order valence-electron chi connectivity index (χ1n) is 6.20. The third kappa shape index (κ3) is 4.72. The number of carbonyl (C=O) groups excluding carboxylic acids is 1. The van der Waals surface area contributed by atoms with Crippen LogP contribution < -0.4 is 5.73 Å². The van der Waals surface area contributed by atoms with Gasteiger partial charge in [0.05, 0.1) is 19.0 Å². The Morgan fingerprint density at radius 2 is 2.41 bits per heavy atom. The van der Waals surface area contributed by atoms with Crippen LogP contribution in [0.1, 0.15) is 19.3 Å². The number of hydrogen-bond donors (Lipinski definition) is 1. The highest BCUT2D eigenvalue weighted by Gasteiger charge is 2.21. The molecule has 1 unspecified atom stereocenters. The fraction of sp³-hybridized carbons (Fsp3) is 0.833. The standard InChI is InChI=1S/C12H22N4O/c1-15(6-3-5-13)12(17)10-16-7-2-4-11(8-14)9-16/h11H,2-4,6-10,14H2,1H3. The molecule has 1 heterocycles. The van der Waals surface area contributed by atoms with Crippen molar-refractivity contribution < 1.29 is 4.79 Å². The van der Waals surface area contributed by atoms with Crippen molar-refractivity contribution in [1.82, 2.24) is 9.80 Å². The van der Waals surface area contributed by atoms with Crippen LogP contribution in [0.25, 0.3) is 0 Å². The van der Waals surface area contributed by atoms with E-state index in [1.165, 1.54) is 6.42 Å². The minimum atomic E-state index is 0.0953. The second-order valence-electron chi connectivity index (χ2n) is 4.70. The zero-order valence-corrected chi connectivity index (χ0v) is 10.6. The van der Waals surface area contributed by atoms with E-state index < -0.39 is 0 Å². The molecule has 1 saturated heterocycles. The van der Waals surface area contributed by atoms with Gasteiger partial charge in [-0.25, -0.2) is 0 Å². The van der Waals surface area contributed by atoms with Crippen molar-refractivity contribution in [1.29, 1.82) is 5.26 Å². The van der Waals surface area contributed by atoms with Gasteiger partial charge in [-0.1, -0.05) is 0 Å². The summed E-state index contributed by atoms with van der Waals surface area (Å²) in [4.78, 5) is 15.7. The van der Waals surface area contributed by atoms with Gasteiger partial charge in [-0.3, -0.25) is 9.69 Å². The van der Waals surface area contributed by atoms with Crippen molar-refractivity contribution in [2.75, 3.05) is 39.8 Å². The number of likely N-dealkylation sites (tertiary alicyclic amines) is 1. The second kappa shape index (κ2) is 7.25. The van der Waals surface area contributed by atoms with E-state index >= 15 is 0 Å². The van der Waals surface area contributed by atoms with Gasteiger partial charge in [-0.2, -0.15) is 5.26 Å². The Balaban J connectivity index is 2.32. The lowest BCUT2D eigenvalue weighted by molar-refractivity contribution is -0.131. The van der Waals surface area contributed by atoms with Gasteiger partial charge in [0.25, 0.3) is 0 Å². The Bertz CT molecular complexity index is 287. The van der Waals surface area contributed by atoms with Crippen LogP contribution >= 0.6 is 0 Å². The molecule has 2 N–H and O–H groups in total. The molecule has 17 heavy (non-hydrogen) atoms. The van der Waals surface area contributed by atoms with Crippen molar-refractivity contribution in [3.8, 4) is 6.07 Å². The fourth-order valence-electron chi connectivity index (χ4n) is 2.14. The molecule has 1 amide bonds. The SMILES string of the molecule is CN(CCC#N)C(=O)CN1CCCC(CN)C1. The minimum Gasteiger partial charge on any atom is -0.344 e. The van der Waals surface area contributed by atoms with Gasteiger partial charge in [-0.05, 0) is 31.8 Å². The van der Waals surface area contributed by atoms with Gasteiger partial charge >= 0.3 is 0 Å². The Morgan fingerprint density at radius 1 is 1.65 bits per heavy atom. The largest absolute Gasteiger partial charge is 0.344 e. The summed E-state index contributed by atoms with van der Waals surface area (Å²) >= 11 is 0. The van der Waals surface area contributed by atoms with E-state index in [0.717, 1.165) is 19.5 Å². The number of nitrogens with zero attached hydrogens (tertiary/aromatic N) is 3. The second-order valence-corrected chi connectivity index (χ2v) is 4.70. The average molecular weight is 238 g/mol. The first kappa shape index (κ1) is 13.9. The van der Waals surface area contributed by atoms with Crippen LogP contribution in [-0.2, 0) is 4.79 Å². The molecule has 1 atom stereocenters. The summed E-state index contributed by atoms with van der Waals surface area (Å²) in [6.45, 7) is 3.58. The minimum absolute atomic E-state index is 0.0953. The van der Waals surface area contributed by atoms with Crippen LogP contribution in [0.2, 0.25) is 0 Å². The summed E-state index contributed by atoms with van der Waals surface area (Å²) in [6, 6.07) is 2.05. The summed E-state index contributed by atoms with van der Waals surface area (Å²) in [5, 5.41) is 8.47. The van der Waals surface area contributed by atoms with Gasteiger partial charge in [0, 0.05) is 20.1 Å². The van der Waals surface area contributed by atoms with E-state index in [1.54, 1.807) is 11.9 Å². The van der Waals surface area contributed by atoms with Gasteiger partial charge < -0.3 is 10.6 Å². The molecule has 1 fully saturated rings. The Labute approximate surface area is 103 Å². The topological polar surface area (TPSA) is 73.4 Å². The van der Waals surface area contributed by atoms with Crippen molar-refractivity contribution in [2.24, 2.45) is 11.7 Å². The van der Waals surface area contributed by atoms with E-state index in [1.807, 2.05) is 6.07 Å². The summed E-state index contributed by atoms with van der Waals surface area (Å²) in [7, 11) is 1.75. The summed E-state index contributed by atoms with van der Waals surface area (Å²) < 4.78 is 0. The maximum Gasteiger partial charge on any atom is 0.236 e. The number of likely N-dealkylation sites (N-methyl/N-ethyl adjacent to an activating group) is 1. The van der Waals surface area contributed by atoms with Crippen molar-refractivity contribution >= 4 is 5.91 Å². The molecule has 0 aliphatic carbocycles. The Kier molecular flexibility index (Phi) is 5.95. The lowest BCUT2D eigenvalue weighted by Gasteiger charge is -2.32. The predicted octanol–water partition coefficient (Wildman–Crippen LogP) is 0.0292. The van der Waals surface area contributed by atoms with Gasteiger partial charge in [0.1, 0.15) is 0 Å². The molecular formula is C12H22N4O. The first-order chi connectivity index (χ1) is 8.17. The van der Waals surface area contributed by atoms with Gasteiger partial charge in [0.2, 0.25) is 5.91 Å². The predicted molar refractivity (Wildman–Crippen MR) is 66.1 cm³/mol. The van der Waals surface area contributed by atoms with Crippen LogP contribution in [-0.4, -0.2) is 55.5 Å². The third-order valence-electron chi connectivity index (χ3n) is 3.28. The summed E-state index contributed by atoms with van der Waals surface area (Å²) in [5.41, 5.74) is 5.66. The molecule has 1 aliphatic rings. The average Bonchev–Trinajstić information content (AvgIpc) is 2.36. The molecule has 0 bridgehead atoms. The Morgan fingerprint density at radius 3 is 3.06 bits per heavy atom. The normalized spacial score (nSPS) is 20.9. The number of rotatable bonds is 5. The van der Waals surface area contributed by atoms with E-state index in [9.17, 15) is 4.79 Å². The van der Waals surface area contributed by atoms with Crippen LogP contribution in [0.5, 0.6) is 0 Å². The number of hydrogen-bond acceptors (Lipinski definition) is 4. The Hall–Kier alpha value is -1.12. The number of amides is 1. The number of carbonyl (C=O) groups is 1. The molecule has 1 rings (SSSR count). The monoisotopic (exact) mass is 238 g/mol. The lowest BCUT2D eigenvalue weighted by Crippen LogP contribution is -2.44. The molecule has 0 aromatic rings. The van der Waals surface area contributed by atoms with Gasteiger partial charge in [-0.15, -0.1) is 0 Å². The molecule has 1 aliphatic heterocycles. The van der Waals surface area contributed by atoms with Crippen molar-refractivity contribution in [3.05, 3.63) is 0 Å². The summed E-state index contributed by atoms with van der Waals surface area (Å²) in [5.74, 6) is 0.624. The quantitative estimate of drug-likeness (QED) is 0.733. The van der Waals surface area contributed by atoms with E-state index in [-0.39, 0.29) is 5.91 Å². The van der Waals surface area contributed by atoms with Crippen LogP contribution in [0.15, 0.2) is 0 Å². The first-order valence-corrected chi connectivity index (χ1v) is 6.20. The number of piperidine rings is 1. The van der Waals surface area contributed by atoms with Crippen LogP contribution in [0.4, 0.5) is 0 Å². The fourth-order valence-corrected chi connectivity index (χ4v) is 2.14. The molecule has 0 aromatic carbocycles. The molecule has 5 nitrogen and oxygen atoms in total. The molecule has 0 radical (unpaired) electrons. The summed E-state index contributed by atoms with van der Waals surface area (Å²) in [6.07, 6.45) is 2.69. The molecular weight excluding hydrogens is 216 g/mol. The highest BCUT2D eigenvalue weighted by atomic mass is 16.2.